The van der Waals surface area contributed by atoms with Crippen LogP contribution < -0.4 is 56.5 Å². The summed E-state index contributed by atoms with van der Waals surface area (Å²) in [5.41, 5.74) is 2.50. The first-order valence-electron chi connectivity index (χ1n) is 6.27. The third-order valence-corrected chi connectivity index (χ3v) is 2.91. The molecule has 2 nitrogen and oxygen atoms in total. The zero-order valence-electron chi connectivity index (χ0n) is 11.5. The minimum Gasteiger partial charge on any atom is -0.854 e. The summed E-state index contributed by atoms with van der Waals surface area (Å²) >= 11 is 0. The first-order chi connectivity index (χ1) is 8.88. The van der Waals surface area contributed by atoms with Gasteiger partial charge in [-0.15, -0.1) is 6.61 Å². The Balaban J connectivity index is 0.00000180. The average Bonchev–Trinajstić information content (AvgIpc) is 2.41. The SMILES string of the molecule is [K+].[O-]CCN(Cc1ccccc1)Cc1ccccc1. The zero-order valence-corrected chi connectivity index (χ0v) is 14.6. The molecule has 19 heavy (non-hydrogen) atoms. The molecule has 0 spiro atoms. The maximum absolute atomic E-state index is 10.9. The van der Waals surface area contributed by atoms with Gasteiger partial charge in [0.25, 0.3) is 0 Å². The third kappa shape index (κ3) is 6.32. The smallest absolute Gasteiger partial charge is 0.854 e. The van der Waals surface area contributed by atoms with Crippen LogP contribution in [0.2, 0.25) is 0 Å². The Hall–Kier alpha value is -0.00364. The van der Waals surface area contributed by atoms with Crippen molar-refractivity contribution in [2.24, 2.45) is 0 Å². The molecule has 0 aliphatic heterocycles. The Morgan fingerprint density at radius 3 is 1.53 bits per heavy atom. The minimum absolute atomic E-state index is 0. The predicted molar refractivity (Wildman–Crippen MR) is 71.9 cm³/mol. The van der Waals surface area contributed by atoms with Gasteiger partial charge in [-0.25, -0.2) is 0 Å². The monoisotopic (exact) mass is 279 g/mol. The summed E-state index contributed by atoms with van der Waals surface area (Å²) in [6.07, 6.45) is 0. The fourth-order valence-corrected chi connectivity index (χ4v) is 2.03. The van der Waals surface area contributed by atoms with E-state index >= 15 is 0 Å². The maximum atomic E-state index is 10.9. The summed E-state index contributed by atoms with van der Waals surface area (Å²) in [4.78, 5) is 2.19. The molecule has 2 rings (SSSR count). The van der Waals surface area contributed by atoms with Gasteiger partial charge in [0.1, 0.15) is 0 Å². The van der Waals surface area contributed by atoms with Crippen LogP contribution in [0.4, 0.5) is 0 Å². The van der Waals surface area contributed by atoms with Crippen molar-refractivity contribution in [3.63, 3.8) is 0 Å². The maximum Gasteiger partial charge on any atom is 1.00 e. The average molecular weight is 279 g/mol. The quantitative estimate of drug-likeness (QED) is 0.638. The van der Waals surface area contributed by atoms with E-state index in [1.165, 1.54) is 11.1 Å². The first kappa shape index (κ1) is 17.0. The van der Waals surface area contributed by atoms with Gasteiger partial charge in [0.2, 0.25) is 0 Å². The third-order valence-electron chi connectivity index (χ3n) is 2.91. The Morgan fingerprint density at radius 1 is 0.737 bits per heavy atom. The van der Waals surface area contributed by atoms with Crippen LogP contribution in [0.3, 0.4) is 0 Å². The molecule has 3 heteroatoms. The molecule has 0 unspecified atom stereocenters. The molecule has 0 bridgehead atoms. The molecule has 0 N–H and O–H groups in total. The van der Waals surface area contributed by atoms with E-state index in [9.17, 15) is 5.11 Å². The molecule has 0 aromatic heterocycles. The largest absolute Gasteiger partial charge is 1.00 e. The van der Waals surface area contributed by atoms with E-state index in [0.717, 1.165) is 13.1 Å². The van der Waals surface area contributed by atoms with Gasteiger partial charge >= 0.3 is 51.4 Å². The number of nitrogens with zero attached hydrogens (tertiary/aromatic N) is 1. The second kappa shape index (κ2) is 9.83. The van der Waals surface area contributed by atoms with Crippen LogP contribution in [0.1, 0.15) is 11.1 Å². The van der Waals surface area contributed by atoms with Crippen LogP contribution in [-0.4, -0.2) is 18.1 Å². The van der Waals surface area contributed by atoms with Crippen molar-refractivity contribution < 1.29 is 56.5 Å². The topological polar surface area (TPSA) is 26.3 Å². The number of rotatable bonds is 6. The van der Waals surface area contributed by atoms with Crippen molar-refractivity contribution in [3.05, 3.63) is 71.8 Å². The van der Waals surface area contributed by atoms with E-state index in [0.29, 0.717) is 6.54 Å². The van der Waals surface area contributed by atoms with Crippen LogP contribution in [0.15, 0.2) is 60.7 Å². The molecular weight excluding hydrogens is 261 g/mol. The van der Waals surface area contributed by atoms with E-state index < -0.39 is 0 Å². The van der Waals surface area contributed by atoms with Crippen LogP contribution in [0.25, 0.3) is 0 Å². The molecule has 0 amide bonds. The van der Waals surface area contributed by atoms with Gasteiger partial charge in [-0.2, -0.15) is 0 Å². The summed E-state index contributed by atoms with van der Waals surface area (Å²) in [6.45, 7) is 2.19. The van der Waals surface area contributed by atoms with Crippen molar-refractivity contribution in [1.29, 1.82) is 0 Å². The summed E-state index contributed by atoms with van der Waals surface area (Å²) in [6, 6.07) is 20.6. The first-order valence-corrected chi connectivity index (χ1v) is 6.27. The van der Waals surface area contributed by atoms with Crippen LogP contribution in [-0.2, 0) is 13.1 Å². The van der Waals surface area contributed by atoms with E-state index in [2.05, 4.69) is 29.2 Å². The van der Waals surface area contributed by atoms with Gasteiger partial charge in [-0.1, -0.05) is 60.7 Å². The Bertz CT molecular complexity index is 405. The summed E-state index contributed by atoms with van der Waals surface area (Å²) in [5, 5.41) is 10.9. The molecule has 0 heterocycles. The molecule has 0 radical (unpaired) electrons. The summed E-state index contributed by atoms with van der Waals surface area (Å²) in [7, 11) is 0. The number of hydrogen-bond donors (Lipinski definition) is 0. The van der Waals surface area contributed by atoms with Gasteiger partial charge in [-0.3, -0.25) is 4.90 Å². The van der Waals surface area contributed by atoms with E-state index in [1.54, 1.807) is 0 Å². The number of benzene rings is 2. The summed E-state index contributed by atoms with van der Waals surface area (Å²) < 4.78 is 0. The van der Waals surface area contributed by atoms with Crippen LogP contribution in [0.5, 0.6) is 0 Å². The molecule has 2 aromatic rings. The molecule has 0 fully saturated rings. The van der Waals surface area contributed by atoms with Crippen molar-refractivity contribution in [2.75, 3.05) is 13.2 Å². The van der Waals surface area contributed by atoms with Gasteiger partial charge in [0.15, 0.2) is 0 Å². The van der Waals surface area contributed by atoms with Gasteiger partial charge in [0, 0.05) is 13.1 Å². The van der Waals surface area contributed by atoms with Crippen molar-refractivity contribution >= 4 is 0 Å². The fraction of sp³-hybridized carbons (Fsp3) is 0.250. The second-order valence-corrected chi connectivity index (χ2v) is 4.39. The van der Waals surface area contributed by atoms with E-state index in [1.807, 2.05) is 36.4 Å². The molecule has 0 aliphatic carbocycles. The Kier molecular flexibility index (Phi) is 8.82. The normalized spacial score (nSPS) is 10.2. The minimum atomic E-state index is -0.0559. The molecule has 0 atom stereocenters. The standard InChI is InChI=1S/C16H18NO.K/c18-12-11-17(13-15-7-3-1-4-8-15)14-16-9-5-2-6-10-16;/h1-10H,11-14H2;/q-1;+1. The second-order valence-electron chi connectivity index (χ2n) is 4.39. The molecule has 0 saturated heterocycles. The Labute approximate surface area is 157 Å². The summed E-state index contributed by atoms with van der Waals surface area (Å²) in [5.74, 6) is 0. The zero-order chi connectivity index (χ0) is 12.6. The molecule has 0 aliphatic rings. The van der Waals surface area contributed by atoms with Crippen molar-refractivity contribution in [3.8, 4) is 0 Å². The molecular formula is C16H18KNO. The number of hydrogen-bond acceptors (Lipinski definition) is 2. The fourth-order valence-electron chi connectivity index (χ4n) is 2.03. The van der Waals surface area contributed by atoms with Crippen molar-refractivity contribution in [2.45, 2.75) is 13.1 Å². The molecule has 0 saturated carbocycles. The van der Waals surface area contributed by atoms with Crippen molar-refractivity contribution in [1.82, 2.24) is 4.90 Å². The van der Waals surface area contributed by atoms with E-state index in [-0.39, 0.29) is 58.0 Å². The predicted octanol–water partition coefficient (Wildman–Crippen LogP) is -0.947. The molecule has 94 valence electrons. The molecule has 2 aromatic carbocycles. The van der Waals surface area contributed by atoms with Gasteiger partial charge < -0.3 is 5.11 Å². The Morgan fingerprint density at radius 2 is 1.16 bits per heavy atom. The van der Waals surface area contributed by atoms with E-state index in [4.69, 9.17) is 0 Å². The van der Waals surface area contributed by atoms with Crippen LogP contribution in [0, 0.1) is 0 Å². The van der Waals surface area contributed by atoms with Crippen LogP contribution >= 0.6 is 0 Å². The van der Waals surface area contributed by atoms with Gasteiger partial charge in [-0.05, 0) is 17.7 Å². The van der Waals surface area contributed by atoms with Gasteiger partial charge in [0.05, 0.1) is 0 Å².